The van der Waals surface area contributed by atoms with E-state index in [2.05, 4.69) is 5.32 Å². The first-order valence-electron chi connectivity index (χ1n) is 4.00. The molecule has 0 aliphatic carbocycles. The number of carbonyl (C=O) groups is 2. The van der Waals surface area contributed by atoms with Gasteiger partial charge in [-0.1, -0.05) is 0 Å². The van der Waals surface area contributed by atoms with E-state index in [1.807, 2.05) is 0 Å². The second kappa shape index (κ2) is 4.20. The first kappa shape index (κ1) is 9.94. The number of nitrogens with two attached hydrogens (primary N) is 2. The van der Waals surface area contributed by atoms with Crippen molar-refractivity contribution in [3.05, 3.63) is 0 Å². The zero-order valence-corrected chi connectivity index (χ0v) is 7.16. The van der Waals surface area contributed by atoms with Gasteiger partial charge in [0.15, 0.2) is 0 Å². The Morgan fingerprint density at radius 3 is 2.62 bits per heavy atom. The molecule has 6 nitrogen and oxygen atoms in total. The van der Waals surface area contributed by atoms with Crippen molar-refractivity contribution in [1.29, 1.82) is 0 Å². The van der Waals surface area contributed by atoms with Crippen molar-refractivity contribution in [3.8, 4) is 0 Å². The van der Waals surface area contributed by atoms with Crippen LogP contribution in [0.3, 0.4) is 0 Å². The van der Waals surface area contributed by atoms with Crippen LogP contribution in [0.5, 0.6) is 0 Å². The second-order valence-electron chi connectivity index (χ2n) is 2.99. The highest BCUT2D eigenvalue weighted by atomic mass is 16.5. The van der Waals surface area contributed by atoms with Crippen LogP contribution < -0.4 is 16.8 Å². The van der Waals surface area contributed by atoms with Crippen molar-refractivity contribution in [2.24, 2.45) is 17.4 Å². The molecule has 1 heterocycles. The van der Waals surface area contributed by atoms with Gasteiger partial charge in [-0.2, -0.15) is 0 Å². The maximum absolute atomic E-state index is 11.3. The van der Waals surface area contributed by atoms with Crippen molar-refractivity contribution < 1.29 is 14.3 Å². The van der Waals surface area contributed by atoms with Gasteiger partial charge in [-0.05, 0) is 0 Å². The fourth-order valence-corrected chi connectivity index (χ4v) is 1.15. The smallest absolute Gasteiger partial charge is 0.236 e. The molecule has 5 N–H and O–H groups in total. The fraction of sp³-hybridized carbons (Fsp3) is 0.714. The predicted molar refractivity (Wildman–Crippen MR) is 44.5 cm³/mol. The summed E-state index contributed by atoms with van der Waals surface area (Å²) in [5.41, 5.74) is 10.4. The van der Waals surface area contributed by atoms with Crippen molar-refractivity contribution >= 4 is 11.8 Å². The van der Waals surface area contributed by atoms with Crippen LogP contribution >= 0.6 is 0 Å². The van der Waals surface area contributed by atoms with Crippen LogP contribution in [0.2, 0.25) is 0 Å². The number of nitrogens with one attached hydrogen (secondary N) is 1. The standard InChI is InChI=1S/C7H13N3O3/c8-5-3-13-2-4(5)7(12)10-1-6(9)11/h4-5H,1-3,8H2,(H2,9,11)(H,10,12). The van der Waals surface area contributed by atoms with Gasteiger partial charge < -0.3 is 21.5 Å². The lowest BCUT2D eigenvalue weighted by Crippen LogP contribution is -2.43. The van der Waals surface area contributed by atoms with E-state index in [9.17, 15) is 9.59 Å². The van der Waals surface area contributed by atoms with Crippen LogP contribution in [-0.2, 0) is 14.3 Å². The Morgan fingerprint density at radius 2 is 2.15 bits per heavy atom. The Hall–Kier alpha value is -1.14. The second-order valence-corrected chi connectivity index (χ2v) is 2.99. The van der Waals surface area contributed by atoms with E-state index in [4.69, 9.17) is 16.2 Å². The molecular formula is C7H13N3O3. The molecule has 13 heavy (non-hydrogen) atoms. The van der Waals surface area contributed by atoms with Gasteiger partial charge in [-0.15, -0.1) is 0 Å². The number of hydrogen-bond donors (Lipinski definition) is 3. The summed E-state index contributed by atoms with van der Waals surface area (Å²) in [7, 11) is 0. The van der Waals surface area contributed by atoms with Crippen LogP contribution in [0, 0.1) is 5.92 Å². The molecule has 1 rings (SSSR count). The molecule has 2 unspecified atom stereocenters. The lowest BCUT2D eigenvalue weighted by Gasteiger charge is -2.11. The summed E-state index contributed by atoms with van der Waals surface area (Å²) in [6.45, 7) is 0.544. The van der Waals surface area contributed by atoms with E-state index < -0.39 is 5.91 Å². The largest absolute Gasteiger partial charge is 0.379 e. The quantitative estimate of drug-likeness (QED) is 0.456. The summed E-state index contributed by atoms with van der Waals surface area (Å²) in [5.74, 6) is -1.20. The number of carbonyl (C=O) groups excluding carboxylic acids is 2. The normalized spacial score (nSPS) is 27.2. The molecule has 1 fully saturated rings. The Balaban J connectivity index is 2.34. The molecule has 0 aromatic rings. The van der Waals surface area contributed by atoms with E-state index >= 15 is 0 Å². The van der Waals surface area contributed by atoms with E-state index in [0.717, 1.165) is 0 Å². The van der Waals surface area contributed by atoms with Crippen LogP contribution in [-0.4, -0.2) is 37.6 Å². The van der Waals surface area contributed by atoms with E-state index in [1.165, 1.54) is 0 Å². The van der Waals surface area contributed by atoms with Gasteiger partial charge >= 0.3 is 0 Å². The monoisotopic (exact) mass is 187 g/mol. The maximum atomic E-state index is 11.3. The van der Waals surface area contributed by atoms with Gasteiger partial charge in [0.2, 0.25) is 11.8 Å². The highest BCUT2D eigenvalue weighted by molar-refractivity contribution is 5.85. The predicted octanol–water partition coefficient (Wildman–Crippen LogP) is -2.44. The summed E-state index contributed by atoms with van der Waals surface area (Å²) in [4.78, 5) is 21.6. The molecule has 0 aromatic heterocycles. The summed E-state index contributed by atoms with van der Waals surface area (Å²) in [5, 5.41) is 2.38. The number of primary amides is 1. The lowest BCUT2D eigenvalue weighted by atomic mass is 10.0. The topological polar surface area (TPSA) is 107 Å². The van der Waals surface area contributed by atoms with Gasteiger partial charge in [0.1, 0.15) is 0 Å². The summed E-state index contributed by atoms with van der Waals surface area (Å²) in [6.07, 6.45) is 0. The average Bonchev–Trinajstić information content (AvgIpc) is 2.47. The number of rotatable bonds is 3. The molecule has 0 radical (unpaired) electrons. The van der Waals surface area contributed by atoms with Gasteiger partial charge in [0.25, 0.3) is 0 Å². The van der Waals surface area contributed by atoms with Crippen LogP contribution in [0.15, 0.2) is 0 Å². The van der Waals surface area contributed by atoms with Gasteiger partial charge in [-0.3, -0.25) is 9.59 Å². The minimum absolute atomic E-state index is 0.151. The summed E-state index contributed by atoms with van der Waals surface area (Å²) in [6, 6.07) is -0.284. The Labute approximate surface area is 75.6 Å². The zero-order chi connectivity index (χ0) is 9.84. The molecule has 0 spiro atoms. The van der Waals surface area contributed by atoms with Crippen molar-refractivity contribution in [2.75, 3.05) is 19.8 Å². The first-order chi connectivity index (χ1) is 6.11. The van der Waals surface area contributed by atoms with E-state index in [1.54, 1.807) is 0 Å². The van der Waals surface area contributed by atoms with E-state index in [0.29, 0.717) is 13.2 Å². The van der Waals surface area contributed by atoms with Crippen LogP contribution in [0.1, 0.15) is 0 Å². The molecule has 0 bridgehead atoms. The van der Waals surface area contributed by atoms with Gasteiger partial charge in [0.05, 0.1) is 25.7 Å². The van der Waals surface area contributed by atoms with Crippen molar-refractivity contribution in [3.63, 3.8) is 0 Å². The Bertz CT molecular complexity index is 219. The minimum Gasteiger partial charge on any atom is -0.379 e. The van der Waals surface area contributed by atoms with Gasteiger partial charge in [0, 0.05) is 6.04 Å². The van der Waals surface area contributed by atoms with Gasteiger partial charge in [-0.25, -0.2) is 0 Å². The molecule has 1 aliphatic heterocycles. The van der Waals surface area contributed by atoms with E-state index in [-0.39, 0.29) is 24.4 Å². The zero-order valence-electron chi connectivity index (χ0n) is 7.16. The molecule has 1 saturated heterocycles. The molecule has 0 saturated carbocycles. The molecular weight excluding hydrogens is 174 g/mol. The van der Waals surface area contributed by atoms with Crippen molar-refractivity contribution in [2.45, 2.75) is 6.04 Å². The average molecular weight is 187 g/mol. The molecule has 1 aliphatic rings. The molecule has 2 atom stereocenters. The minimum atomic E-state index is -0.569. The Morgan fingerprint density at radius 1 is 1.46 bits per heavy atom. The highest BCUT2D eigenvalue weighted by Gasteiger charge is 2.31. The first-order valence-corrected chi connectivity index (χ1v) is 4.00. The molecule has 2 amide bonds. The molecule has 0 aromatic carbocycles. The molecule has 74 valence electrons. The van der Waals surface area contributed by atoms with Crippen LogP contribution in [0.4, 0.5) is 0 Å². The SMILES string of the molecule is NC(=O)CNC(=O)C1COCC1N. The maximum Gasteiger partial charge on any atom is 0.236 e. The number of amides is 2. The number of ether oxygens (including phenoxy) is 1. The Kier molecular flexibility index (Phi) is 3.21. The third-order valence-corrected chi connectivity index (χ3v) is 1.90. The van der Waals surface area contributed by atoms with Crippen molar-refractivity contribution in [1.82, 2.24) is 5.32 Å². The highest BCUT2D eigenvalue weighted by Crippen LogP contribution is 2.10. The number of hydrogen-bond acceptors (Lipinski definition) is 4. The lowest BCUT2D eigenvalue weighted by molar-refractivity contribution is -0.127. The third kappa shape index (κ3) is 2.67. The third-order valence-electron chi connectivity index (χ3n) is 1.90. The summed E-state index contributed by atoms with van der Waals surface area (Å²) >= 11 is 0. The molecule has 6 heteroatoms. The fourth-order valence-electron chi connectivity index (χ4n) is 1.15. The summed E-state index contributed by atoms with van der Waals surface area (Å²) < 4.78 is 5.00. The van der Waals surface area contributed by atoms with Crippen LogP contribution in [0.25, 0.3) is 0 Å².